The molecule has 0 fully saturated rings. The van der Waals surface area contributed by atoms with Crippen molar-refractivity contribution in [3.05, 3.63) is 12.2 Å². The lowest BCUT2D eigenvalue weighted by Gasteiger charge is -2.25. The molecule has 0 aromatic carbocycles. The summed E-state index contributed by atoms with van der Waals surface area (Å²) in [4.78, 5) is 4.11. The van der Waals surface area contributed by atoms with Gasteiger partial charge in [0, 0.05) is 25.6 Å². The van der Waals surface area contributed by atoms with E-state index in [9.17, 15) is 5.11 Å². The molecule has 5 nitrogen and oxygen atoms in total. The highest BCUT2D eigenvalue weighted by atomic mass is 16.3. The summed E-state index contributed by atoms with van der Waals surface area (Å²) >= 11 is 0. The number of aliphatic hydroxyl groups excluding tert-OH is 1. The van der Waals surface area contributed by atoms with Gasteiger partial charge in [0.05, 0.1) is 6.54 Å². The molecular weight excluding hydrogens is 192 g/mol. The molecule has 5 heteroatoms. The zero-order valence-corrected chi connectivity index (χ0v) is 9.69. The fourth-order valence-corrected chi connectivity index (χ4v) is 1.23. The maximum Gasteiger partial charge on any atom is 0.164 e. The molecule has 0 aliphatic rings. The van der Waals surface area contributed by atoms with Gasteiger partial charge in [-0.05, 0) is 6.42 Å². The highest BCUT2D eigenvalue weighted by Crippen LogP contribution is 2.18. The maximum absolute atomic E-state index is 9.21. The van der Waals surface area contributed by atoms with E-state index in [1.165, 1.54) is 0 Å². The summed E-state index contributed by atoms with van der Waals surface area (Å²) in [6.07, 6.45) is 2.63. The summed E-state index contributed by atoms with van der Waals surface area (Å²) in [5.41, 5.74) is -0.0468. The van der Waals surface area contributed by atoms with Gasteiger partial charge in [0.1, 0.15) is 6.33 Å². The molecule has 0 radical (unpaired) electrons. The lowest BCUT2D eigenvalue weighted by molar-refractivity contribution is 0.135. The number of hydrogen-bond donors (Lipinski definition) is 2. The molecule has 0 aliphatic carbocycles. The first-order valence-electron chi connectivity index (χ1n) is 5.26. The Kier molecular flexibility index (Phi) is 4.23. The topological polar surface area (TPSA) is 63.0 Å². The average molecular weight is 212 g/mol. The third kappa shape index (κ3) is 3.60. The van der Waals surface area contributed by atoms with E-state index in [0.29, 0.717) is 6.54 Å². The Labute approximate surface area is 90.5 Å². The summed E-state index contributed by atoms with van der Waals surface area (Å²) in [6, 6.07) is 0. The Balaban J connectivity index is 2.32. The normalized spacial score (nSPS) is 15.2. The third-order valence-corrected chi connectivity index (χ3v) is 2.72. The molecular formula is C10H20N4O. The van der Waals surface area contributed by atoms with E-state index in [-0.39, 0.29) is 12.0 Å². The number of aliphatic hydroxyl groups is 1. The van der Waals surface area contributed by atoms with Gasteiger partial charge in [-0.25, -0.2) is 4.98 Å². The van der Waals surface area contributed by atoms with Gasteiger partial charge >= 0.3 is 0 Å². The van der Waals surface area contributed by atoms with E-state index >= 15 is 0 Å². The van der Waals surface area contributed by atoms with E-state index in [2.05, 4.69) is 29.2 Å². The highest BCUT2D eigenvalue weighted by Gasteiger charge is 2.20. The molecule has 1 rings (SSSR count). The number of rotatable bonds is 6. The molecule has 0 saturated carbocycles. The van der Waals surface area contributed by atoms with Gasteiger partial charge < -0.3 is 10.4 Å². The van der Waals surface area contributed by atoms with E-state index in [1.54, 1.807) is 11.0 Å². The highest BCUT2D eigenvalue weighted by molar-refractivity contribution is 4.82. The summed E-state index contributed by atoms with van der Waals surface area (Å²) in [5, 5.41) is 16.6. The SMILES string of the molecule is CCC(C)(CO)CNCc1ncn(C)n1. The van der Waals surface area contributed by atoms with Crippen LogP contribution in [0.3, 0.4) is 0 Å². The molecule has 0 amide bonds. The molecule has 0 saturated heterocycles. The number of nitrogens with zero attached hydrogens (tertiary/aromatic N) is 3. The Morgan fingerprint density at radius 2 is 2.33 bits per heavy atom. The predicted octanol–water partition coefficient (Wildman–Crippen LogP) is 0.313. The minimum atomic E-state index is -0.0468. The number of nitrogens with one attached hydrogen (secondary N) is 1. The van der Waals surface area contributed by atoms with E-state index in [0.717, 1.165) is 18.8 Å². The van der Waals surface area contributed by atoms with Crippen molar-refractivity contribution in [1.82, 2.24) is 20.1 Å². The molecule has 2 N–H and O–H groups in total. The number of hydrogen-bond acceptors (Lipinski definition) is 4. The molecule has 1 heterocycles. The standard InChI is InChI=1S/C10H20N4O/c1-4-10(2,7-15)6-11-5-9-12-8-14(3)13-9/h8,11,15H,4-7H2,1-3H3. The molecule has 1 aromatic heterocycles. The van der Waals surface area contributed by atoms with Crippen LogP contribution in [0.1, 0.15) is 26.1 Å². The average Bonchev–Trinajstić information content (AvgIpc) is 2.64. The van der Waals surface area contributed by atoms with Crippen LogP contribution < -0.4 is 5.32 Å². The van der Waals surface area contributed by atoms with Crippen molar-refractivity contribution < 1.29 is 5.11 Å². The second kappa shape index (κ2) is 5.23. The number of aromatic nitrogens is 3. The summed E-state index contributed by atoms with van der Waals surface area (Å²) < 4.78 is 1.68. The van der Waals surface area contributed by atoms with Crippen LogP contribution in [0.4, 0.5) is 0 Å². The van der Waals surface area contributed by atoms with Crippen molar-refractivity contribution >= 4 is 0 Å². The second-order valence-corrected chi connectivity index (χ2v) is 4.26. The monoisotopic (exact) mass is 212 g/mol. The van der Waals surface area contributed by atoms with Crippen LogP contribution in [-0.2, 0) is 13.6 Å². The zero-order valence-electron chi connectivity index (χ0n) is 9.69. The van der Waals surface area contributed by atoms with Crippen LogP contribution in [0.2, 0.25) is 0 Å². The lowest BCUT2D eigenvalue weighted by atomic mass is 9.89. The maximum atomic E-state index is 9.21. The van der Waals surface area contributed by atoms with Gasteiger partial charge in [0.2, 0.25) is 0 Å². The third-order valence-electron chi connectivity index (χ3n) is 2.72. The van der Waals surface area contributed by atoms with E-state index < -0.39 is 0 Å². The Morgan fingerprint density at radius 1 is 1.60 bits per heavy atom. The van der Waals surface area contributed by atoms with Gasteiger partial charge in [-0.15, -0.1) is 0 Å². The van der Waals surface area contributed by atoms with Gasteiger partial charge in [0.25, 0.3) is 0 Å². The Bertz CT molecular complexity index is 293. The minimum Gasteiger partial charge on any atom is -0.396 e. The predicted molar refractivity (Wildman–Crippen MR) is 58.2 cm³/mol. The van der Waals surface area contributed by atoms with Crippen molar-refractivity contribution in [3.8, 4) is 0 Å². The Morgan fingerprint density at radius 3 is 2.80 bits per heavy atom. The van der Waals surface area contributed by atoms with Crippen molar-refractivity contribution in [2.45, 2.75) is 26.8 Å². The minimum absolute atomic E-state index is 0.0468. The molecule has 86 valence electrons. The first-order chi connectivity index (χ1) is 7.09. The van der Waals surface area contributed by atoms with Crippen LogP contribution in [0.15, 0.2) is 6.33 Å². The molecule has 15 heavy (non-hydrogen) atoms. The quantitative estimate of drug-likeness (QED) is 0.712. The van der Waals surface area contributed by atoms with E-state index in [1.807, 2.05) is 7.05 Å². The molecule has 1 aromatic rings. The van der Waals surface area contributed by atoms with Gasteiger partial charge in [-0.2, -0.15) is 5.10 Å². The molecule has 1 unspecified atom stereocenters. The van der Waals surface area contributed by atoms with E-state index in [4.69, 9.17) is 0 Å². The molecule has 1 atom stereocenters. The second-order valence-electron chi connectivity index (χ2n) is 4.26. The van der Waals surface area contributed by atoms with Crippen LogP contribution >= 0.6 is 0 Å². The lowest BCUT2D eigenvalue weighted by Crippen LogP contribution is -2.34. The van der Waals surface area contributed by atoms with Gasteiger partial charge in [-0.1, -0.05) is 13.8 Å². The largest absolute Gasteiger partial charge is 0.396 e. The molecule has 0 bridgehead atoms. The first-order valence-corrected chi connectivity index (χ1v) is 5.26. The van der Waals surface area contributed by atoms with Crippen molar-refractivity contribution in [3.63, 3.8) is 0 Å². The van der Waals surface area contributed by atoms with Gasteiger partial charge in [-0.3, -0.25) is 4.68 Å². The van der Waals surface area contributed by atoms with Crippen LogP contribution in [-0.4, -0.2) is 33.0 Å². The summed E-state index contributed by atoms with van der Waals surface area (Å²) in [6.45, 7) is 5.77. The first kappa shape index (κ1) is 12.1. The molecule has 0 aliphatic heterocycles. The van der Waals surface area contributed by atoms with Crippen molar-refractivity contribution in [2.24, 2.45) is 12.5 Å². The van der Waals surface area contributed by atoms with Crippen molar-refractivity contribution in [2.75, 3.05) is 13.2 Å². The van der Waals surface area contributed by atoms with Crippen LogP contribution in [0, 0.1) is 5.41 Å². The van der Waals surface area contributed by atoms with Crippen LogP contribution in [0.25, 0.3) is 0 Å². The zero-order chi connectivity index (χ0) is 11.3. The van der Waals surface area contributed by atoms with Crippen LogP contribution in [0.5, 0.6) is 0 Å². The fourth-order valence-electron chi connectivity index (χ4n) is 1.23. The Hall–Kier alpha value is -0.940. The fraction of sp³-hybridized carbons (Fsp3) is 0.800. The van der Waals surface area contributed by atoms with Gasteiger partial charge in [0.15, 0.2) is 5.82 Å². The van der Waals surface area contributed by atoms with Crippen molar-refractivity contribution in [1.29, 1.82) is 0 Å². The number of aryl methyl sites for hydroxylation is 1. The smallest absolute Gasteiger partial charge is 0.164 e. The summed E-state index contributed by atoms with van der Waals surface area (Å²) in [5.74, 6) is 0.786. The molecule has 0 spiro atoms. The summed E-state index contributed by atoms with van der Waals surface area (Å²) in [7, 11) is 1.85.